The van der Waals surface area contributed by atoms with E-state index in [0.717, 1.165) is 57.5 Å². The summed E-state index contributed by atoms with van der Waals surface area (Å²) >= 11 is 0. The van der Waals surface area contributed by atoms with Gasteiger partial charge in [-0.3, -0.25) is 4.99 Å². The highest BCUT2D eigenvalue weighted by Crippen LogP contribution is 2.27. The number of rotatable bonds is 6. The first-order valence-electron chi connectivity index (χ1n) is 9.29. The summed E-state index contributed by atoms with van der Waals surface area (Å²) in [6.45, 7) is 12.7. The van der Waals surface area contributed by atoms with Gasteiger partial charge >= 0.3 is 0 Å². The highest BCUT2D eigenvalue weighted by Gasteiger charge is 2.21. The summed E-state index contributed by atoms with van der Waals surface area (Å²) in [4.78, 5) is 11.7. The third-order valence-electron chi connectivity index (χ3n) is 4.73. The monoisotopic (exact) mass is 475 g/mol. The van der Waals surface area contributed by atoms with E-state index in [9.17, 15) is 5.11 Å². The number of likely N-dealkylation sites (N-methyl/N-ethyl adjacent to an activating group) is 1. The Labute approximate surface area is 175 Å². The van der Waals surface area contributed by atoms with Crippen molar-refractivity contribution in [3.8, 4) is 5.75 Å². The Morgan fingerprint density at radius 2 is 1.88 bits per heavy atom. The van der Waals surface area contributed by atoms with E-state index in [-0.39, 0.29) is 24.0 Å². The second kappa shape index (κ2) is 11.5. The molecule has 0 spiro atoms. The molecular weight excluding hydrogens is 441 g/mol. The van der Waals surface area contributed by atoms with Gasteiger partial charge in [0.25, 0.3) is 0 Å². The molecule has 0 bridgehead atoms. The van der Waals surface area contributed by atoms with Gasteiger partial charge in [-0.15, -0.1) is 24.0 Å². The number of phenols is 1. The van der Waals surface area contributed by atoms with Gasteiger partial charge in [0.05, 0.1) is 12.2 Å². The molecule has 1 aliphatic rings. The highest BCUT2D eigenvalue weighted by atomic mass is 127. The molecule has 2 N–H and O–H groups in total. The predicted molar refractivity (Wildman–Crippen MR) is 121 cm³/mol. The number of piperazine rings is 1. The largest absolute Gasteiger partial charge is 0.506 e. The van der Waals surface area contributed by atoms with Crippen LogP contribution in [0.1, 0.15) is 20.8 Å². The first-order chi connectivity index (χ1) is 12.0. The molecule has 0 aromatic heterocycles. The van der Waals surface area contributed by atoms with Gasteiger partial charge in [-0.05, 0) is 40.0 Å². The number of anilines is 1. The SMILES string of the molecule is CCNC(=NCCN(C)C(C)C)N1CCN(c2ccccc2O)CC1.I. The topological polar surface area (TPSA) is 54.3 Å². The number of benzene rings is 1. The van der Waals surface area contributed by atoms with Gasteiger partial charge in [0, 0.05) is 45.3 Å². The molecule has 0 saturated carbocycles. The van der Waals surface area contributed by atoms with Crippen LogP contribution in [0.4, 0.5) is 5.69 Å². The van der Waals surface area contributed by atoms with Crippen molar-refractivity contribution in [2.75, 3.05) is 57.8 Å². The lowest BCUT2D eigenvalue weighted by Crippen LogP contribution is -2.52. The number of hydrogen-bond acceptors (Lipinski definition) is 4. The minimum absolute atomic E-state index is 0. The molecule has 0 atom stereocenters. The van der Waals surface area contributed by atoms with Crippen LogP contribution in [0.15, 0.2) is 29.3 Å². The number of nitrogens with zero attached hydrogens (tertiary/aromatic N) is 4. The number of guanidine groups is 1. The minimum atomic E-state index is 0. The molecule has 1 fully saturated rings. The minimum Gasteiger partial charge on any atom is -0.506 e. The van der Waals surface area contributed by atoms with Crippen LogP contribution in [0.25, 0.3) is 0 Å². The van der Waals surface area contributed by atoms with Crippen molar-refractivity contribution in [3.63, 3.8) is 0 Å². The molecule has 1 saturated heterocycles. The van der Waals surface area contributed by atoms with Gasteiger partial charge in [0.2, 0.25) is 0 Å². The van der Waals surface area contributed by atoms with Crippen LogP contribution in [0.3, 0.4) is 0 Å². The molecule has 0 radical (unpaired) electrons. The van der Waals surface area contributed by atoms with Gasteiger partial charge in [0.15, 0.2) is 5.96 Å². The second-order valence-electron chi connectivity index (χ2n) is 6.77. The van der Waals surface area contributed by atoms with Crippen molar-refractivity contribution < 1.29 is 5.11 Å². The normalized spacial score (nSPS) is 15.4. The summed E-state index contributed by atoms with van der Waals surface area (Å²) < 4.78 is 0. The fourth-order valence-corrected chi connectivity index (χ4v) is 2.89. The van der Waals surface area contributed by atoms with E-state index in [0.29, 0.717) is 11.8 Å². The summed E-state index contributed by atoms with van der Waals surface area (Å²) in [5, 5.41) is 13.4. The molecule has 7 heteroatoms. The Kier molecular flexibility index (Phi) is 10.1. The average Bonchev–Trinajstić information content (AvgIpc) is 2.61. The first-order valence-corrected chi connectivity index (χ1v) is 9.29. The number of para-hydroxylation sites is 2. The van der Waals surface area contributed by atoms with Gasteiger partial charge in [-0.2, -0.15) is 0 Å². The molecule has 6 nitrogen and oxygen atoms in total. The predicted octanol–water partition coefficient (Wildman–Crippen LogP) is 2.44. The Morgan fingerprint density at radius 3 is 2.46 bits per heavy atom. The molecule has 0 amide bonds. The zero-order chi connectivity index (χ0) is 18.2. The maximum absolute atomic E-state index is 10.0. The van der Waals surface area contributed by atoms with Gasteiger partial charge in [-0.1, -0.05) is 12.1 Å². The summed E-state index contributed by atoms with van der Waals surface area (Å²) in [5.41, 5.74) is 0.919. The van der Waals surface area contributed by atoms with E-state index in [2.05, 4.69) is 47.8 Å². The number of phenolic OH excluding ortho intramolecular Hbond substituents is 1. The fourth-order valence-electron chi connectivity index (χ4n) is 2.89. The van der Waals surface area contributed by atoms with Crippen molar-refractivity contribution in [1.29, 1.82) is 0 Å². The molecule has 0 unspecified atom stereocenters. The summed E-state index contributed by atoms with van der Waals surface area (Å²) in [6, 6.07) is 8.10. The molecule has 0 aliphatic carbocycles. The molecule has 1 aromatic rings. The Balaban J connectivity index is 0.00000338. The smallest absolute Gasteiger partial charge is 0.194 e. The zero-order valence-electron chi connectivity index (χ0n) is 16.5. The quantitative estimate of drug-likeness (QED) is 0.376. The standard InChI is InChI=1S/C19H33N5O.HI/c1-5-20-19(21-10-11-22(4)16(2)3)24-14-12-23(13-15-24)17-8-6-7-9-18(17)25;/h6-9,16,25H,5,10-15H2,1-4H3,(H,20,21);1H. The fraction of sp³-hybridized carbons (Fsp3) is 0.632. The molecule has 1 heterocycles. The van der Waals surface area contributed by atoms with Crippen LogP contribution in [-0.2, 0) is 0 Å². The van der Waals surface area contributed by atoms with E-state index >= 15 is 0 Å². The van der Waals surface area contributed by atoms with Crippen molar-refractivity contribution >= 4 is 35.6 Å². The second-order valence-corrected chi connectivity index (χ2v) is 6.77. The number of hydrogen-bond donors (Lipinski definition) is 2. The summed E-state index contributed by atoms with van der Waals surface area (Å²) in [6.07, 6.45) is 0. The van der Waals surface area contributed by atoms with E-state index in [4.69, 9.17) is 4.99 Å². The lowest BCUT2D eigenvalue weighted by Gasteiger charge is -2.38. The molecule has 2 rings (SSSR count). The van der Waals surface area contributed by atoms with Crippen LogP contribution in [0, 0.1) is 0 Å². The van der Waals surface area contributed by atoms with Crippen LogP contribution in [0.2, 0.25) is 0 Å². The van der Waals surface area contributed by atoms with Crippen LogP contribution in [-0.4, -0.2) is 79.8 Å². The first kappa shape index (κ1) is 22.8. The zero-order valence-corrected chi connectivity index (χ0v) is 18.8. The Morgan fingerprint density at radius 1 is 1.23 bits per heavy atom. The third kappa shape index (κ3) is 6.50. The molecule has 1 aliphatic heterocycles. The molecule has 148 valence electrons. The number of aromatic hydroxyl groups is 1. The van der Waals surface area contributed by atoms with Crippen LogP contribution in [0.5, 0.6) is 5.75 Å². The van der Waals surface area contributed by atoms with E-state index < -0.39 is 0 Å². The van der Waals surface area contributed by atoms with Gasteiger partial charge < -0.3 is 25.1 Å². The highest BCUT2D eigenvalue weighted by molar-refractivity contribution is 14.0. The molecule has 1 aromatic carbocycles. The third-order valence-corrected chi connectivity index (χ3v) is 4.73. The lowest BCUT2D eigenvalue weighted by molar-refractivity contribution is 0.281. The number of nitrogens with one attached hydrogen (secondary N) is 1. The Hall–Kier alpha value is -1.22. The van der Waals surface area contributed by atoms with E-state index in [1.807, 2.05) is 18.2 Å². The molecular formula is C19H34IN5O. The summed E-state index contributed by atoms with van der Waals surface area (Å²) in [7, 11) is 2.14. The van der Waals surface area contributed by atoms with Crippen molar-refractivity contribution in [3.05, 3.63) is 24.3 Å². The van der Waals surface area contributed by atoms with Gasteiger partial charge in [-0.25, -0.2) is 0 Å². The van der Waals surface area contributed by atoms with Crippen LogP contribution >= 0.6 is 24.0 Å². The van der Waals surface area contributed by atoms with E-state index in [1.165, 1.54) is 0 Å². The van der Waals surface area contributed by atoms with Crippen LogP contribution < -0.4 is 10.2 Å². The maximum atomic E-state index is 10.0. The van der Waals surface area contributed by atoms with Crippen molar-refractivity contribution in [2.24, 2.45) is 4.99 Å². The molecule has 26 heavy (non-hydrogen) atoms. The average molecular weight is 475 g/mol. The number of aliphatic imine (C=N–C) groups is 1. The lowest BCUT2D eigenvalue weighted by atomic mass is 10.2. The van der Waals surface area contributed by atoms with E-state index in [1.54, 1.807) is 6.07 Å². The summed E-state index contributed by atoms with van der Waals surface area (Å²) in [5.74, 6) is 1.35. The van der Waals surface area contributed by atoms with Gasteiger partial charge in [0.1, 0.15) is 5.75 Å². The van der Waals surface area contributed by atoms with Crippen molar-refractivity contribution in [1.82, 2.24) is 15.1 Å². The number of halogens is 1. The van der Waals surface area contributed by atoms with Crippen molar-refractivity contribution in [2.45, 2.75) is 26.8 Å². The maximum Gasteiger partial charge on any atom is 0.194 e. The Bertz CT molecular complexity index is 559.